The number of rotatable bonds is 2. The predicted octanol–water partition coefficient (Wildman–Crippen LogP) is 1.10. The molecule has 3 rings (SSSR count). The number of piperidine rings is 1. The molecule has 0 atom stereocenters. The number of halogens is 1. The normalized spacial score (nSPS) is 19.4. The molecule has 1 saturated heterocycles. The summed E-state index contributed by atoms with van der Waals surface area (Å²) in [5, 5.41) is 5.07. The molecule has 0 unspecified atom stereocenters. The van der Waals surface area contributed by atoms with Crippen LogP contribution in [0, 0.1) is 0 Å². The van der Waals surface area contributed by atoms with Gasteiger partial charge in [-0.15, -0.1) is 0 Å². The molecular formula is C13H16IN4O+. The van der Waals surface area contributed by atoms with E-state index in [-0.39, 0.29) is 5.91 Å². The zero-order valence-corrected chi connectivity index (χ0v) is 12.6. The quantitative estimate of drug-likeness (QED) is 0.465. The average molecular weight is 371 g/mol. The molecule has 6 heteroatoms. The number of fused-ring (bicyclic) bond motifs is 1. The average Bonchev–Trinajstić information content (AvgIpc) is 2.88. The van der Waals surface area contributed by atoms with Crippen LogP contribution in [0.1, 0.15) is 23.2 Å². The van der Waals surface area contributed by atoms with Gasteiger partial charge in [0.25, 0.3) is 5.91 Å². The third kappa shape index (κ3) is 2.96. The van der Waals surface area contributed by atoms with Gasteiger partial charge in [-0.3, -0.25) is 10.1 Å². The first-order valence-electron chi connectivity index (χ1n) is 6.45. The van der Waals surface area contributed by atoms with Crippen molar-refractivity contribution in [2.75, 3.05) is 13.1 Å². The first kappa shape index (κ1) is 13.0. The topological polar surface area (TPSA) is 61.3 Å². The number of carbonyl (C=O) groups excluding carboxylic acids is 1. The molecule has 2 aliphatic heterocycles. The van der Waals surface area contributed by atoms with Crippen molar-refractivity contribution in [1.82, 2.24) is 8.43 Å². The predicted molar refractivity (Wildman–Crippen MR) is 82.3 cm³/mol. The van der Waals surface area contributed by atoms with E-state index < -0.39 is 0 Å². The first-order valence-corrected chi connectivity index (χ1v) is 7.42. The molecule has 1 fully saturated rings. The number of amides is 1. The smallest absolute Gasteiger partial charge is 0.251 e. The summed E-state index contributed by atoms with van der Waals surface area (Å²) in [4.78, 5) is 16.4. The lowest BCUT2D eigenvalue weighted by molar-refractivity contribution is -0.427. The highest BCUT2D eigenvalue weighted by Crippen LogP contribution is 2.24. The van der Waals surface area contributed by atoms with Crippen LogP contribution >= 0.6 is 22.9 Å². The van der Waals surface area contributed by atoms with Gasteiger partial charge >= 0.3 is 0 Å². The Morgan fingerprint density at radius 3 is 3.00 bits per heavy atom. The highest BCUT2D eigenvalue weighted by atomic mass is 127. The Hall–Kier alpha value is -0.990. The minimum absolute atomic E-state index is 0.0109. The maximum Gasteiger partial charge on any atom is 0.251 e. The van der Waals surface area contributed by atoms with Gasteiger partial charge in [0.2, 0.25) is 0 Å². The van der Waals surface area contributed by atoms with Crippen LogP contribution in [-0.2, 0) is 0 Å². The number of carbonyl (C=O) groups is 1. The Balaban J connectivity index is 1.65. The summed E-state index contributed by atoms with van der Waals surface area (Å²) in [6.45, 7) is 2.07. The Morgan fingerprint density at radius 2 is 2.21 bits per heavy atom. The van der Waals surface area contributed by atoms with Crippen LogP contribution in [0.25, 0.3) is 0 Å². The molecule has 0 aliphatic carbocycles. The summed E-state index contributed by atoms with van der Waals surface area (Å²) in [6.07, 6.45) is 3.81. The standard InChI is InChI=1S/C13H15IN4O/c14-18-5-3-10(4-6-18)17-13(19)9-1-2-11-12(7-9)16-8-15-11/h1-2,7-8,10H,3-6H2,(H,15,16)(H,17,19)/p+1. The van der Waals surface area contributed by atoms with Gasteiger partial charge in [-0.2, -0.15) is 4.99 Å². The maximum absolute atomic E-state index is 12.2. The summed E-state index contributed by atoms with van der Waals surface area (Å²) in [6, 6.07) is 5.97. The van der Waals surface area contributed by atoms with E-state index in [4.69, 9.17) is 0 Å². The van der Waals surface area contributed by atoms with Gasteiger partial charge in [0, 0.05) is 53.6 Å². The Labute approximate surface area is 126 Å². The molecule has 1 aromatic carbocycles. The summed E-state index contributed by atoms with van der Waals surface area (Å²) < 4.78 is 2.26. The second-order valence-electron chi connectivity index (χ2n) is 4.88. The molecule has 0 saturated carbocycles. The fourth-order valence-electron chi connectivity index (χ4n) is 2.40. The number of quaternary nitrogens is 1. The van der Waals surface area contributed by atoms with Crippen LogP contribution in [0.3, 0.4) is 0 Å². The number of nitrogens with zero attached hydrogens (tertiary/aromatic N) is 2. The minimum atomic E-state index is 0.0109. The summed E-state index contributed by atoms with van der Waals surface area (Å²) in [5.41, 5.74) is 2.66. The van der Waals surface area contributed by atoms with Gasteiger partial charge < -0.3 is 5.32 Å². The molecule has 5 nitrogen and oxygen atoms in total. The highest BCUT2D eigenvalue weighted by Gasteiger charge is 2.21. The largest absolute Gasteiger partial charge is 0.349 e. The van der Waals surface area contributed by atoms with Crippen LogP contribution in [-0.4, -0.2) is 34.5 Å². The van der Waals surface area contributed by atoms with Crippen molar-refractivity contribution in [3.63, 3.8) is 0 Å². The van der Waals surface area contributed by atoms with Gasteiger partial charge in [0.05, 0.1) is 0 Å². The fourth-order valence-corrected chi connectivity index (χ4v) is 2.95. The molecule has 2 aliphatic rings. The number of nitrogens with two attached hydrogens (primary N) is 1. The van der Waals surface area contributed by atoms with Crippen molar-refractivity contribution in [1.29, 1.82) is 0 Å². The van der Waals surface area contributed by atoms with Crippen molar-refractivity contribution in [2.45, 2.75) is 18.9 Å². The van der Waals surface area contributed by atoms with E-state index in [1.54, 1.807) is 6.34 Å². The van der Waals surface area contributed by atoms with Gasteiger partial charge in [-0.1, -0.05) is 0 Å². The monoisotopic (exact) mass is 371 g/mol. The molecular weight excluding hydrogens is 355 g/mol. The van der Waals surface area contributed by atoms with Gasteiger partial charge in [-0.25, -0.2) is 3.11 Å². The van der Waals surface area contributed by atoms with Crippen LogP contribution < -0.4 is 10.6 Å². The Morgan fingerprint density at radius 1 is 1.42 bits per heavy atom. The Bertz CT molecular complexity index is 523. The number of nitrogens with one attached hydrogen (secondary N) is 1. The van der Waals surface area contributed by atoms with E-state index in [1.165, 1.54) is 0 Å². The number of aliphatic imine (C=N–C) groups is 1. The lowest BCUT2D eigenvalue weighted by atomic mass is 10.1. The SMILES string of the molecule is O=C(NC1CCN(I)CC1)c1ccc2c(c1)N=C[NH2+]2. The molecule has 0 radical (unpaired) electrons. The van der Waals surface area contributed by atoms with Crippen molar-refractivity contribution in [3.8, 4) is 0 Å². The van der Waals surface area contributed by atoms with Gasteiger partial charge in [0.15, 0.2) is 12.0 Å². The fraction of sp³-hybridized carbons (Fsp3) is 0.385. The van der Waals surface area contributed by atoms with Gasteiger partial charge in [-0.05, 0) is 25.0 Å². The van der Waals surface area contributed by atoms with Crippen molar-refractivity contribution >= 4 is 46.5 Å². The van der Waals surface area contributed by atoms with Crippen LogP contribution in [0.2, 0.25) is 0 Å². The van der Waals surface area contributed by atoms with Crippen LogP contribution in [0.4, 0.5) is 11.4 Å². The highest BCUT2D eigenvalue weighted by molar-refractivity contribution is 14.1. The molecule has 2 heterocycles. The molecule has 19 heavy (non-hydrogen) atoms. The molecule has 1 amide bonds. The van der Waals surface area contributed by atoms with E-state index in [9.17, 15) is 4.79 Å². The molecule has 3 N–H and O–H groups in total. The van der Waals surface area contributed by atoms with Gasteiger partial charge in [0.1, 0.15) is 5.69 Å². The number of hydrogen-bond donors (Lipinski definition) is 2. The van der Waals surface area contributed by atoms with E-state index in [0.717, 1.165) is 37.3 Å². The van der Waals surface area contributed by atoms with Crippen molar-refractivity contribution in [2.24, 2.45) is 4.99 Å². The summed E-state index contributed by atoms with van der Waals surface area (Å²) >= 11 is 2.33. The molecule has 0 aromatic heterocycles. The molecule has 0 bridgehead atoms. The Kier molecular flexibility index (Phi) is 3.81. The van der Waals surface area contributed by atoms with Crippen molar-refractivity contribution < 1.29 is 10.1 Å². The number of hydrogen-bond acceptors (Lipinski definition) is 3. The van der Waals surface area contributed by atoms with E-state index in [2.05, 4.69) is 36.3 Å². The summed E-state index contributed by atoms with van der Waals surface area (Å²) in [5.74, 6) is 0.0109. The molecule has 0 spiro atoms. The maximum atomic E-state index is 12.2. The lowest BCUT2D eigenvalue weighted by Gasteiger charge is -2.28. The minimum Gasteiger partial charge on any atom is -0.349 e. The van der Waals surface area contributed by atoms with Crippen molar-refractivity contribution in [3.05, 3.63) is 23.8 Å². The van der Waals surface area contributed by atoms with E-state index in [0.29, 0.717) is 11.6 Å². The second-order valence-corrected chi connectivity index (χ2v) is 6.24. The zero-order valence-electron chi connectivity index (χ0n) is 10.5. The third-order valence-electron chi connectivity index (χ3n) is 3.54. The van der Waals surface area contributed by atoms with E-state index >= 15 is 0 Å². The molecule has 1 aromatic rings. The number of benzene rings is 1. The third-order valence-corrected chi connectivity index (χ3v) is 4.50. The zero-order chi connectivity index (χ0) is 13.2. The molecule has 100 valence electrons. The van der Waals surface area contributed by atoms with Crippen LogP contribution in [0.5, 0.6) is 0 Å². The van der Waals surface area contributed by atoms with Crippen LogP contribution in [0.15, 0.2) is 23.2 Å². The second kappa shape index (κ2) is 5.56. The van der Waals surface area contributed by atoms with E-state index in [1.807, 2.05) is 23.5 Å². The lowest BCUT2D eigenvalue weighted by Crippen LogP contribution is -2.74. The first-order chi connectivity index (χ1) is 9.22. The summed E-state index contributed by atoms with van der Waals surface area (Å²) in [7, 11) is 0.